The van der Waals surface area contributed by atoms with Crippen LogP contribution in [0.2, 0.25) is 0 Å². The summed E-state index contributed by atoms with van der Waals surface area (Å²) >= 11 is 1.61. The number of piperidine rings is 1. The lowest BCUT2D eigenvalue weighted by molar-refractivity contribution is -0.129. The molecule has 1 saturated heterocycles. The molecule has 1 aliphatic heterocycles. The van der Waals surface area contributed by atoms with Gasteiger partial charge in [0.2, 0.25) is 11.9 Å². The number of halogens is 1. The molecule has 1 aromatic carbocycles. The van der Waals surface area contributed by atoms with Crippen LogP contribution in [0.1, 0.15) is 33.6 Å². The second-order valence-corrected chi connectivity index (χ2v) is 8.68. The molecular weight excluding hydrogens is 415 g/mol. The monoisotopic (exact) mass is 442 g/mol. The van der Waals surface area contributed by atoms with E-state index in [1.807, 2.05) is 23.1 Å². The number of rotatable bonds is 6. The zero-order valence-electron chi connectivity index (χ0n) is 18.1. The van der Waals surface area contributed by atoms with Crippen LogP contribution in [0.15, 0.2) is 24.4 Å². The molecule has 164 valence electrons. The summed E-state index contributed by atoms with van der Waals surface area (Å²) in [5.74, 6) is 0.0528. The third-order valence-corrected chi connectivity index (χ3v) is 6.78. The molecule has 1 aliphatic rings. The minimum atomic E-state index is -0.454. The average Bonchev–Trinajstić information content (AvgIpc) is 3.19. The Morgan fingerprint density at radius 2 is 2.00 bits per heavy atom. The number of hydrogen-bond donors (Lipinski definition) is 1. The van der Waals surface area contributed by atoms with Gasteiger partial charge in [-0.15, -0.1) is 0 Å². The number of benzene rings is 1. The zero-order valence-corrected chi connectivity index (χ0v) is 18.9. The van der Waals surface area contributed by atoms with Crippen LogP contribution in [0.25, 0.3) is 21.5 Å². The van der Waals surface area contributed by atoms with E-state index in [2.05, 4.69) is 34.0 Å². The van der Waals surface area contributed by atoms with Gasteiger partial charge in [0.1, 0.15) is 5.69 Å². The number of anilines is 2. The van der Waals surface area contributed by atoms with Crippen molar-refractivity contribution in [1.82, 2.24) is 19.9 Å². The highest BCUT2D eigenvalue weighted by Crippen LogP contribution is 2.32. The smallest absolute Gasteiger partial charge is 0.223 e. The van der Waals surface area contributed by atoms with Crippen molar-refractivity contribution in [3.05, 3.63) is 30.2 Å². The molecule has 0 bridgehead atoms. The quantitative estimate of drug-likeness (QED) is 0.618. The molecular formula is C22H27FN6OS. The molecule has 9 heteroatoms. The van der Waals surface area contributed by atoms with Crippen LogP contribution in [0.4, 0.5) is 15.5 Å². The Balaban J connectivity index is 1.55. The van der Waals surface area contributed by atoms with Crippen LogP contribution >= 0.6 is 11.3 Å². The summed E-state index contributed by atoms with van der Waals surface area (Å²) < 4.78 is 15.6. The van der Waals surface area contributed by atoms with Crippen LogP contribution in [-0.2, 0) is 4.79 Å². The maximum Gasteiger partial charge on any atom is 0.223 e. The highest BCUT2D eigenvalue weighted by Gasteiger charge is 2.22. The van der Waals surface area contributed by atoms with E-state index in [0.717, 1.165) is 41.3 Å². The van der Waals surface area contributed by atoms with Crippen molar-refractivity contribution in [2.24, 2.45) is 0 Å². The summed E-state index contributed by atoms with van der Waals surface area (Å²) in [5, 5.41) is 4.28. The number of nitrogens with one attached hydrogen (secondary N) is 1. The lowest BCUT2D eigenvalue weighted by Crippen LogP contribution is -2.41. The van der Waals surface area contributed by atoms with Gasteiger partial charge in [-0.25, -0.2) is 19.3 Å². The fourth-order valence-electron chi connectivity index (χ4n) is 3.85. The van der Waals surface area contributed by atoms with Crippen LogP contribution < -0.4 is 10.2 Å². The van der Waals surface area contributed by atoms with Crippen LogP contribution in [-0.4, -0.2) is 58.0 Å². The molecule has 7 nitrogen and oxygen atoms in total. The van der Waals surface area contributed by atoms with Crippen molar-refractivity contribution >= 4 is 38.5 Å². The van der Waals surface area contributed by atoms with Gasteiger partial charge in [-0.05, 0) is 38.8 Å². The molecule has 1 N–H and O–H groups in total. The van der Waals surface area contributed by atoms with Crippen molar-refractivity contribution in [2.75, 3.05) is 36.4 Å². The zero-order chi connectivity index (χ0) is 22.0. The number of hydrogen-bond acceptors (Lipinski definition) is 7. The van der Waals surface area contributed by atoms with Gasteiger partial charge in [-0.3, -0.25) is 4.79 Å². The fraction of sp³-hybridized carbons (Fsp3) is 0.455. The molecule has 3 heterocycles. The molecule has 1 amide bonds. The van der Waals surface area contributed by atoms with Crippen molar-refractivity contribution in [2.45, 2.75) is 39.7 Å². The predicted molar refractivity (Wildman–Crippen MR) is 123 cm³/mol. The number of nitrogens with zero attached hydrogens (tertiary/aromatic N) is 5. The molecule has 1 fully saturated rings. The SMILES string of the molecule is CCN(CC)c1nc2ccc(-c3nc(NC4CCN(C(C)=O)CC4)ncc3F)cc2s1. The Morgan fingerprint density at radius 3 is 2.68 bits per heavy atom. The molecule has 0 atom stereocenters. The van der Waals surface area contributed by atoms with E-state index in [1.165, 1.54) is 6.20 Å². The Hall–Kier alpha value is -2.81. The van der Waals surface area contributed by atoms with Crippen LogP contribution in [0, 0.1) is 5.82 Å². The molecule has 31 heavy (non-hydrogen) atoms. The molecule has 2 aromatic heterocycles. The van der Waals surface area contributed by atoms with Crippen LogP contribution in [0.3, 0.4) is 0 Å². The Kier molecular flexibility index (Phi) is 6.31. The van der Waals surface area contributed by atoms with Crippen molar-refractivity contribution in [3.8, 4) is 11.3 Å². The lowest BCUT2D eigenvalue weighted by Gasteiger charge is -2.31. The van der Waals surface area contributed by atoms with Gasteiger partial charge < -0.3 is 15.1 Å². The summed E-state index contributed by atoms with van der Waals surface area (Å²) in [4.78, 5) is 28.8. The summed E-state index contributed by atoms with van der Waals surface area (Å²) in [6, 6.07) is 5.88. The van der Waals surface area contributed by atoms with Gasteiger partial charge in [0.05, 0.1) is 16.4 Å². The molecule has 0 unspecified atom stereocenters. The van der Waals surface area contributed by atoms with E-state index in [-0.39, 0.29) is 17.6 Å². The van der Waals surface area contributed by atoms with E-state index in [9.17, 15) is 9.18 Å². The minimum Gasteiger partial charge on any atom is -0.351 e. The van der Waals surface area contributed by atoms with E-state index < -0.39 is 5.82 Å². The topological polar surface area (TPSA) is 74.2 Å². The number of thiazole rings is 1. The fourth-order valence-corrected chi connectivity index (χ4v) is 4.98. The van der Waals surface area contributed by atoms with Crippen molar-refractivity contribution in [3.63, 3.8) is 0 Å². The number of likely N-dealkylation sites (tertiary alicyclic amines) is 1. The van der Waals surface area contributed by atoms with Gasteiger partial charge in [0, 0.05) is 44.7 Å². The first-order valence-electron chi connectivity index (χ1n) is 10.7. The number of aromatic nitrogens is 3. The van der Waals surface area contributed by atoms with Crippen LogP contribution in [0.5, 0.6) is 0 Å². The van der Waals surface area contributed by atoms with E-state index in [1.54, 1.807) is 18.3 Å². The first-order chi connectivity index (χ1) is 15.0. The van der Waals surface area contributed by atoms with Gasteiger partial charge >= 0.3 is 0 Å². The molecule has 0 spiro atoms. The van der Waals surface area contributed by atoms with E-state index >= 15 is 0 Å². The highest BCUT2D eigenvalue weighted by atomic mass is 32.1. The molecule has 0 aliphatic carbocycles. The molecule has 0 radical (unpaired) electrons. The number of fused-ring (bicyclic) bond motifs is 1. The Labute approximate surface area is 185 Å². The Bertz CT molecular complexity index is 1080. The summed E-state index contributed by atoms with van der Waals surface area (Å²) in [6.07, 6.45) is 2.85. The second kappa shape index (κ2) is 9.13. The number of carbonyl (C=O) groups is 1. The normalized spacial score (nSPS) is 14.8. The van der Waals surface area contributed by atoms with Gasteiger partial charge in [0.15, 0.2) is 10.9 Å². The first kappa shape index (κ1) is 21.4. The highest BCUT2D eigenvalue weighted by molar-refractivity contribution is 7.22. The summed E-state index contributed by atoms with van der Waals surface area (Å²) in [6.45, 7) is 9.00. The third kappa shape index (κ3) is 4.61. The molecule has 0 saturated carbocycles. The standard InChI is InChI=1S/C22H27FN6OS/c1-4-28(5-2)22-26-18-7-6-15(12-19(18)31-22)20-17(23)13-24-21(27-20)25-16-8-10-29(11-9-16)14(3)30/h6-7,12-13,16H,4-5,8-11H2,1-3H3,(H,24,25,27). The maximum atomic E-state index is 14.6. The van der Waals surface area contributed by atoms with Gasteiger partial charge in [0.25, 0.3) is 0 Å². The largest absolute Gasteiger partial charge is 0.351 e. The minimum absolute atomic E-state index is 0.0985. The van der Waals surface area contributed by atoms with Crippen molar-refractivity contribution in [1.29, 1.82) is 0 Å². The first-order valence-corrected chi connectivity index (χ1v) is 11.5. The van der Waals surface area contributed by atoms with Gasteiger partial charge in [-0.1, -0.05) is 17.4 Å². The third-order valence-electron chi connectivity index (χ3n) is 5.70. The lowest BCUT2D eigenvalue weighted by atomic mass is 10.1. The summed E-state index contributed by atoms with van der Waals surface area (Å²) in [7, 11) is 0. The van der Waals surface area contributed by atoms with E-state index in [0.29, 0.717) is 24.6 Å². The maximum absolute atomic E-state index is 14.6. The van der Waals surface area contributed by atoms with Gasteiger partial charge in [-0.2, -0.15) is 0 Å². The average molecular weight is 443 g/mol. The number of carbonyl (C=O) groups excluding carboxylic acids is 1. The number of amides is 1. The molecule has 4 rings (SSSR count). The van der Waals surface area contributed by atoms with E-state index in [4.69, 9.17) is 4.98 Å². The second-order valence-electron chi connectivity index (χ2n) is 7.67. The summed E-state index contributed by atoms with van der Waals surface area (Å²) in [5.41, 5.74) is 1.88. The Morgan fingerprint density at radius 1 is 1.26 bits per heavy atom. The predicted octanol–water partition coefficient (Wildman–Crippen LogP) is 4.16. The molecule has 3 aromatic rings. The van der Waals surface area contributed by atoms with Crippen molar-refractivity contribution < 1.29 is 9.18 Å².